The van der Waals surface area contributed by atoms with Gasteiger partial charge in [-0.3, -0.25) is 4.79 Å². The van der Waals surface area contributed by atoms with Crippen molar-refractivity contribution in [3.8, 4) is 0 Å². The second-order valence-corrected chi connectivity index (χ2v) is 4.19. The molecule has 0 aromatic heterocycles. The summed E-state index contributed by atoms with van der Waals surface area (Å²) in [6.45, 7) is 5.84. The standard InChI is InChI=1S/C11H18O3/c1-4-14-8-5-6-9(10(12)7-8)11(2,3)13/h7,9,13H,4-6H2,1-3H3. The third-order valence-electron chi connectivity index (χ3n) is 2.51. The highest BCUT2D eigenvalue weighted by atomic mass is 16.5. The maximum Gasteiger partial charge on any atom is 0.164 e. The second-order valence-electron chi connectivity index (χ2n) is 4.19. The van der Waals surface area contributed by atoms with E-state index in [0.29, 0.717) is 13.0 Å². The molecule has 0 aromatic carbocycles. The summed E-state index contributed by atoms with van der Waals surface area (Å²) in [7, 11) is 0. The van der Waals surface area contributed by atoms with Crippen molar-refractivity contribution in [2.75, 3.05) is 6.61 Å². The largest absolute Gasteiger partial charge is 0.498 e. The first-order valence-corrected chi connectivity index (χ1v) is 5.04. The zero-order valence-electron chi connectivity index (χ0n) is 9.04. The maximum absolute atomic E-state index is 11.6. The zero-order chi connectivity index (χ0) is 10.8. The Morgan fingerprint density at radius 3 is 2.71 bits per heavy atom. The Morgan fingerprint density at radius 2 is 2.29 bits per heavy atom. The van der Waals surface area contributed by atoms with Crippen LogP contribution < -0.4 is 0 Å². The summed E-state index contributed by atoms with van der Waals surface area (Å²) < 4.78 is 5.27. The van der Waals surface area contributed by atoms with Crippen molar-refractivity contribution in [2.45, 2.75) is 39.2 Å². The Bertz CT molecular complexity index is 248. The molecule has 1 aliphatic rings. The molecule has 0 aliphatic heterocycles. The Morgan fingerprint density at radius 1 is 1.64 bits per heavy atom. The van der Waals surface area contributed by atoms with Crippen LogP contribution in [0.1, 0.15) is 33.6 Å². The first-order valence-electron chi connectivity index (χ1n) is 5.04. The van der Waals surface area contributed by atoms with Gasteiger partial charge in [-0.15, -0.1) is 0 Å². The number of hydrogen-bond acceptors (Lipinski definition) is 3. The Labute approximate surface area is 84.8 Å². The molecule has 0 heterocycles. The minimum absolute atomic E-state index is 0.0211. The van der Waals surface area contributed by atoms with Crippen molar-refractivity contribution in [1.82, 2.24) is 0 Å². The molecule has 1 unspecified atom stereocenters. The maximum atomic E-state index is 11.6. The fourth-order valence-electron chi connectivity index (χ4n) is 1.76. The smallest absolute Gasteiger partial charge is 0.164 e. The lowest BCUT2D eigenvalue weighted by atomic mass is 9.80. The molecule has 1 atom stereocenters. The molecule has 0 aromatic rings. The monoisotopic (exact) mass is 198 g/mol. The van der Waals surface area contributed by atoms with Crippen molar-refractivity contribution in [3.05, 3.63) is 11.8 Å². The minimum Gasteiger partial charge on any atom is -0.498 e. The minimum atomic E-state index is -0.925. The molecule has 14 heavy (non-hydrogen) atoms. The van der Waals surface area contributed by atoms with E-state index in [4.69, 9.17) is 4.74 Å². The van der Waals surface area contributed by atoms with Gasteiger partial charge in [0, 0.05) is 12.5 Å². The molecule has 0 spiro atoms. The summed E-state index contributed by atoms with van der Waals surface area (Å²) in [4.78, 5) is 11.6. The highest BCUT2D eigenvalue weighted by molar-refractivity contribution is 5.93. The molecule has 0 saturated heterocycles. The third-order valence-corrected chi connectivity index (χ3v) is 2.51. The van der Waals surface area contributed by atoms with Gasteiger partial charge >= 0.3 is 0 Å². The van der Waals surface area contributed by atoms with Crippen molar-refractivity contribution in [2.24, 2.45) is 5.92 Å². The molecule has 0 bridgehead atoms. The van der Waals surface area contributed by atoms with E-state index in [-0.39, 0.29) is 11.7 Å². The lowest BCUT2D eigenvalue weighted by Crippen LogP contribution is -2.37. The molecule has 1 aliphatic carbocycles. The Hall–Kier alpha value is -0.830. The first-order chi connectivity index (χ1) is 6.45. The topological polar surface area (TPSA) is 46.5 Å². The van der Waals surface area contributed by atoms with Crippen LogP contribution in [0.2, 0.25) is 0 Å². The fourth-order valence-corrected chi connectivity index (χ4v) is 1.76. The van der Waals surface area contributed by atoms with Gasteiger partial charge in [-0.25, -0.2) is 0 Å². The van der Waals surface area contributed by atoms with Crippen molar-refractivity contribution in [1.29, 1.82) is 0 Å². The highest BCUT2D eigenvalue weighted by Crippen LogP contribution is 2.29. The van der Waals surface area contributed by atoms with Crippen LogP contribution in [-0.2, 0) is 9.53 Å². The average molecular weight is 198 g/mol. The highest BCUT2D eigenvalue weighted by Gasteiger charge is 2.34. The molecule has 3 heteroatoms. The number of ether oxygens (including phenoxy) is 1. The van der Waals surface area contributed by atoms with Crippen LogP contribution in [0.3, 0.4) is 0 Å². The van der Waals surface area contributed by atoms with Crippen LogP contribution in [0.4, 0.5) is 0 Å². The molecular formula is C11H18O3. The lowest BCUT2D eigenvalue weighted by Gasteiger charge is -2.30. The lowest BCUT2D eigenvalue weighted by molar-refractivity contribution is -0.126. The van der Waals surface area contributed by atoms with Gasteiger partial charge in [0.05, 0.1) is 23.9 Å². The van der Waals surface area contributed by atoms with Gasteiger partial charge in [-0.05, 0) is 27.2 Å². The summed E-state index contributed by atoms with van der Waals surface area (Å²) in [5, 5.41) is 9.74. The van der Waals surface area contributed by atoms with Crippen LogP contribution in [0.15, 0.2) is 11.8 Å². The van der Waals surface area contributed by atoms with Gasteiger partial charge in [0.25, 0.3) is 0 Å². The summed E-state index contributed by atoms with van der Waals surface area (Å²) in [6.07, 6.45) is 2.94. The predicted molar refractivity (Wildman–Crippen MR) is 53.7 cm³/mol. The molecule has 0 saturated carbocycles. The molecule has 0 fully saturated rings. The van der Waals surface area contributed by atoms with Gasteiger partial charge in [0.1, 0.15) is 0 Å². The normalized spacial score (nSPS) is 23.3. The Kier molecular flexibility index (Phi) is 3.32. The van der Waals surface area contributed by atoms with Crippen LogP contribution >= 0.6 is 0 Å². The number of ketones is 1. The van der Waals surface area contributed by atoms with Gasteiger partial charge < -0.3 is 9.84 Å². The first kappa shape index (κ1) is 11.2. The number of carbonyl (C=O) groups excluding carboxylic acids is 1. The van der Waals surface area contributed by atoms with Crippen LogP contribution in [0.25, 0.3) is 0 Å². The van der Waals surface area contributed by atoms with E-state index in [0.717, 1.165) is 12.2 Å². The van der Waals surface area contributed by atoms with Crippen LogP contribution in [-0.4, -0.2) is 23.1 Å². The SMILES string of the molecule is CCOC1=CC(=O)C(C(C)(C)O)CC1. The fraction of sp³-hybridized carbons (Fsp3) is 0.727. The summed E-state index contributed by atoms with van der Waals surface area (Å²) in [6, 6.07) is 0. The molecule has 0 radical (unpaired) electrons. The number of carbonyl (C=O) groups is 1. The van der Waals surface area contributed by atoms with Gasteiger partial charge in [0.15, 0.2) is 5.78 Å². The van der Waals surface area contributed by atoms with Crippen LogP contribution in [0.5, 0.6) is 0 Å². The quantitative estimate of drug-likeness (QED) is 0.750. The molecule has 3 nitrogen and oxygen atoms in total. The molecular weight excluding hydrogens is 180 g/mol. The molecule has 1 rings (SSSR count). The van der Waals surface area contributed by atoms with E-state index >= 15 is 0 Å². The number of rotatable bonds is 3. The summed E-state index contributed by atoms with van der Waals surface area (Å²) >= 11 is 0. The second kappa shape index (κ2) is 4.13. The third kappa shape index (κ3) is 2.58. The van der Waals surface area contributed by atoms with E-state index in [2.05, 4.69) is 0 Å². The Balaban J connectivity index is 2.70. The zero-order valence-corrected chi connectivity index (χ0v) is 9.04. The summed E-state index contributed by atoms with van der Waals surface area (Å²) in [5.41, 5.74) is -0.925. The average Bonchev–Trinajstić information content (AvgIpc) is 2.02. The van der Waals surface area contributed by atoms with Gasteiger partial charge in [-0.1, -0.05) is 0 Å². The van der Waals surface area contributed by atoms with Crippen molar-refractivity contribution >= 4 is 5.78 Å². The predicted octanol–water partition coefficient (Wildman–Crippen LogP) is 1.66. The number of hydrogen-bond donors (Lipinski definition) is 1. The van der Waals surface area contributed by atoms with E-state index in [1.54, 1.807) is 13.8 Å². The van der Waals surface area contributed by atoms with Crippen LogP contribution in [0, 0.1) is 5.92 Å². The van der Waals surface area contributed by atoms with E-state index in [1.807, 2.05) is 6.92 Å². The van der Waals surface area contributed by atoms with E-state index < -0.39 is 5.60 Å². The van der Waals surface area contributed by atoms with Gasteiger partial charge in [-0.2, -0.15) is 0 Å². The van der Waals surface area contributed by atoms with E-state index in [1.165, 1.54) is 6.08 Å². The van der Waals surface area contributed by atoms with Crippen molar-refractivity contribution < 1.29 is 14.6 Å². The van der Waals surface area contributed by atoms with Gasteiger partial charge in [0.2, 0.25) is 0 Å². The number of allylic oxidation sites excluding steroid dienone is 2. The molecule has 80 valence electrons. The number of aliphatic hydroxyl groups is 1. The molecule has 1 N–H and O–H groups in total. The van der Waals surface area contributed by atoms with E-state index in [9.17, 15) is 9.90 Å². The summed E-state index contributed by atoms with van der Waals surface area (Å²) in [5.74, 6) is 0.442. The molecule has 0 amide bonds. The van der Waals surface area contributed by atoms with Crippen molar-refractivity contribution in [3.63, 3.8) is 0 Å².